The maximum Gasteiger partial charge on any atom is 0.251 e. The first-order valence-corrected chi connectivity index (χ1v) is 9.13. The maximum absolute atomic E-state index is 12.6. The summed E-state index contributed by atoms with van der Waals surface area (Å²) in [6, 6.07) is 7.36. The number of alkyl halides is 2. The van der Waals surface area contributed by atoms with Gasteiger partial charge in [0.1, 0.15) is 0 Å². The number of carbonyl (C=O) groups excluding carboxylic acids is 1. The standard InChI is InChI=1S/C21H19F2N5O/c22-20(23)13-28-11-15-1-3-18(7-16(15)12-28)27-21(29)4-2-14-8-24-6-5-19(14)17-9-25-26-10-17/h1-10,20H,11-13H2,(H,25,26)(H,27,29)/b4-2+. The molecule has 0 saturated heterocycles. The number of fused-ring (bicyclic) bond motifs is 1. The highest BCUT2D eigenvalue weighted by molar-refractivity contribution is 6.02. The third-order valence-corrected chi connectivity index (χ3v) is 4.73. The van der Waals surface area contributed by atoms with Crippen molar-refractivity contribution in [2.24, 2.45) is 0 Å². The van der Waals surface area contributed by atoms with Crippen LogP contribution in [0.3, 0.4) is 0 Å². The number of hydrogen-bond acceptors (Lipinski definition) is 4. The summed E-state index contributed by atoms with van der Waals surface area (Å²) in [6.45, 7) is 0.720. The van der Waals surface area contributed by atoms with Crippen molar-refractivity contribution < 1.29 is 13.6 Å². The molecule has 6 nitrogen and oxygen atoms in total. The number of anilines is 1. The molecular formula is C21H19F2N5O. The van der Waals surface area contributed by atoms with E-state index in [9.17, 15) is 13.6 Å². The Morgan fingerprint density at radius 2 is 2.10 bits per heavy atom. The highest BCUT2D eigenvalue weighted by atomic mass is 19.3. The molecule has 0 atom stereocenters. The van der Waals surface area contributed by atoms with Crippen molar-refractivity contribution in [3.63, 3.8) is 0 Å². The molecule has 3 aromatic rings. The number of aromatic nitrogens is 3. The van der Waals surface area contributed by atoms with Gasteiger partial charge in [-0.25, -0.2) is 8.78 Å². The van der Waals surface area contributed by atoms with Crippen molar-refractivity contribution in [1.29, 1.82) is 0 Å². The summed E-state index contributed by atoms with van der Waals surface area (Å²) >= 11 is 0. The van der Waals surface area contributed by atoms with Crippen molar-refractivity contribution in [3.8, 4) is 11.1 Å². The number of halogens is 2. The number of nitrogens with one attached hydrogen (secondary N) is 2. The van der Waals surface area contributed by atoms with E-state index in [1.807, 2.05) is 18.2 Å². The molecule has 0 saturated carbocycles. The van der Waals surface area contributed by atoms with Crippen LogP contribution in [0.4, 0.5) is 14.5 Å². The molecular weight excluding hydrogens is 376 g/mol. The number of benzene rings is 1. The van der Waals surface area contributed by atoms with E-state index in [2.05, 4.69) is 20.5 Å². The van der Waals surface area contributed by atoms with Gasteiger partial charge in [0.15, 0.2) is 0 Å². The minimum absolute atomic E-state index is 0.247. The Hall–Kier alpha value is -3.39. The molecule has 1 amide bonds. The Kier molecular flexibility index (Phi) is 5.44. The molecule has 2 N–H and O–H groups in total. The lowest BCUT2D eigenvalue weighted by molar-refractivity contribution is -0.111. The highest BCUT2D eigenvalue weighted by Gasteiger charge is 2.21. The number of H-pyrrole nitrogens is 1. The zero-order valence-electron chi connectivity index (χ0n) is 15.5. The summed E-state index contributed by atoms with van der Waals surface area (Å²) in [4.78, 5) is 18.2. The Morgan fingerprint density at radius 3 is 2.90 bits per heavy atom. The van der Waals surface area contributed by atoms with E-state index in [1.165, 1.54) is 6.08 Å². The second-order valence-corrected chi connectivity index (χ2v) is 6.82. The van der Waals surface area contributed by atoms with Gasteiger partial charge in [-0.15, -0.1) is 0 Å². The van der Waals surface area contributed by atoms with Crippen LogP contribution < -0.4 is 5.32 Å². The van der Waals surface area contributed by atoms with Crippen molar-refractivity contribution >= 4 is 17.7 Å². The molecule has 1 aliphatic heterocycles. The average molecular weight is 395 g/mol. The Bertz CT molecular complexity index is 1030. The van der Waals surface area contributed by atoms with Crippen LogP contribution in [-0.2, 0) is 17.9 Å². The Balaban J connectivity index is 1.43. The van der Waals surface area contributed by atoms with Crippen LogP contribution in [0.1, 0.15) is 16.7 Å². The molecule has 8 heteroatoms. The highest BCUT2D eigenvalue weighted by Crippen LogP contribution is 2.26. The molecule has 1 aromatic carbocycles. The van der Waals surface area contributed by atoms with E-state index in [1.54, 1.807) is 41.8 Å². The second-order valence-electron chi connectivity index (χ2n) is 6.82. The molecule has 0 bridgehead atoms. The predicted octanol–water partition coefficient (Wildman–Crippen LogP) is 3.70. The van der Waals surface area contributed by atoms with Gasteiger partial charge in [0.25, 0.3) is 6.43 Å². The monoisotopic (exact) mass is 395 g/mol. The summed E-state index contributed by atoms with van der Waals surface area (Å²) < 4.78 is 25.2. The summed E-state index contributed by atoms with van der Waals surface area (Å²) in [5.74, 6) is -0.283. The van der Waals surface area contributed by atoms with E-state index < -0.39 is 6.43 Å². The van der Waals surface area contributed by atoms with Crippen LogP contribution >= 0.6 is 0 Å². The molecule has 0 unspecified atom stereocenters. The molecule has 3 heterocycles. The summed E-state index contributed by atoms with van der Waals surface area (Å²) in [7, 11) is 0. The zero-order valence-corrected chi connectivity index (χ0v) is 15.5. The molecule has 0 fully saturated rings. The topological polar surface area (TPSA) is 73.9 Å². The average Bonchev–Trinajstić information content (AvgIpc) is 3.35. The number of carbonyl (C=O) groups is 1. The van der Waals surface area contributed by atoms with Crippen LogP contribution in [0, 0.1) is 0 Å². The van der Waals surface area contributed by atoms with E-state index in [4.69, 9.17) is 0 Å². The minimum atomic E-state index is -2.35. The first-order valence-electron chi connectivity index (χ1n) is 9.13. The lowest BCUT2D eigenvalue weighted by Gasteiger charge is -2.12. The zero-order chi connectivity index (χ0) is 20.2. The van der Waals surface area contributed by atoms with Gasteiger partial charge in [-0.1, -0.05) is 6.07 Å². The minimum Gasteiger partial charge on any atom is -0.323 e. The number of aromatic amines is 1. The molecule has 0 aliphatic carbocycles. The number of nitrogens with zero attached hydrogens (tertiary/aromatic N) is 3. The lowest BCUT2D eigenvalue weighted by Crippen LogP contribution is -2.22. The third-order valence-electron chi connectivity index (χ3n) is 4.73. The van der Waals surface area contributed by atoms with Gasteiger partial charge in [-0.05, 0) is 41.0 Å². The van der Waals surface area contributed by atoms with Gasteiger partial charge in [-0.2, -0.15) is 5.10 Å². The Morgan fingerprint density at radius 1 is 1.24 bits per heavy atom. The molecule has 2 aromatic heterocycles. The molecule has 0 spiro atoms. The van der Waals surface area contributed by atoms with Crippen molar-refractivity contribution in [3.05, 3.63) is 71.8 Å². The van der Waals surface area contributed by atoms with Crippen molar-refractivity contribution in [2.75, 3.05) is 11.9 Å². The van der Waals surface area contributed by atoms with E-state index >= 15 is 0 Å². The predicted molar refractivity (Wildman–Crippen MR) is 106 cm³/mol. The smallest absolute Gasteiger partial charge is 0.251 e. The number of rotatable bonds is 6. The fourth-order valence-electron chi connectivity index (χ4n) is 3.42. The third kappa shape index (κ3) is 4.55. The lowest BCUT2D eigenvalue weighted by atomic mass is 10.0. The normalized spacial score (nSPS) is 13.9. The van der Waals surface area contributed by atoms with Crippen LogP contribution in [0.2, 0.25) is 0 Å². The SMILES string of the molecule is O=C(/C=C/c1cnccc1-c1cn[nH]c1)Nc1ccc2c(c1)CN(CC(F)F)C2. The fraction of sp³-hybridized carbons (Fsp3) is 0.190. The van der Waals surface area contributed by atoms with E-state index in [0.717, 1.165) is 27.8 Å². The number of hydrogen-bond donors (Lipinski definition) is 2. The van der Waals surface area contributed by atoms with Crippen molar-refractivity contribution in [1.82, 2.24) is 20.1 Å². The first kappa shape index (κ1) is 18.9. The van der Waals surface area contributed by atoms with Gasteiger partial charge < -0.3 is 5.32 Å². The van der Waals surface area contributed by atoms with Gasteiger partial charge in [-0.3, -0.25) is 19.8 Å². The van der Waals surface area contributed by atoms with Crippen LogP contribution in [0.5, 0.6) is 0 Å². The second kappa shape index (κ2) is 8.32. The largest absolute Gasteiger partial charge is 0.323 e. The van der Waals surface area contributed by atoms with Gasteiger partial charge >= 0.3 is 0 Å². The number of pyridine rings is 1. The first-order chi connectivity index (χ1) is 14.1. The summed E-state index contributed by atoms with van der Waals surface area (Å²) in [6.07, 6.45) is 7.62. The Labute approximate surface area is 166 Å². The molecule has 4 rings (SSSR count). The molecule has 148 valence electrons. The van der Waals surface area contributed by atoms with Gasteiger partial charge in [0.2, 0.25) is 5.91 Å². The summed E-state index contributed by atoms with van der Waals surface area (Å²) in [5, 5.41) is 9.53. The molecule has 29 heavy (non-hydrogen) atoms. The number of amides is 1. The summed E-state index contributed by atoms with van der Waals surface area (Å²) in [5.41, 5.74) is 5.22. The van der Waals surface area contributed by atoms with Crippen molar-refractivity contribution in [2.45, 2.75) is 19.5 Å². The quantitative estimate of drug-likeness (QED) is 0.624. The fourth-order valence-corrected chi connectivity index (χ4v) is 3.42. The van der Waals surface area contributed by atoms with E-state index in [-0.39, 0.29) is 12.5 Å². The van der Waals surface area contributed by atoms with Crippen LogP contribution in [0.25, 0.3) is 17.2 Å². The molecule has 1 aliphatic rings. The molecule has 0 radical (unpaired) electrons. The maximum atomic E-state index is 12.6. The van der Waals surface area contributed by atoms with E-state index in [0.29, 0.717) is 18.8 Å². The van der Waals surface area contributed by atoms with Gasteiger partial charge in [0, 0.05) is 54.6 Å². The van der Waals surface area contributed by atoms with Gasteiger partial charge in [0.05, 0.1) is 12.7 Å². The van der Waals surface area contributed by atoms with Crippen LogP contribution in [-0.4, -0.2) is 39.0 Å². The van der Waals surface area contributed by atoms with Crippen LogP contribution in [0.15, 0.2) is 55.1 Å².